The molecule has 0 bridgehead atoms. The van der Waals surface area contributed by atoms with Gasteiger partial charge in [0.2, 0.25) is 10.0 Å². The fourth-order valence-corrected chi connectivity index (χ4v) is 4.68. The van der Waals surface area contributed by atoms with Gasteiger partial charge in [-0.3, -0.25) is 0 Å². The molecule has 0 amide bonds. The topological polar surface area (TPSA) is 63.4 Å². The molecule has 1 aliphatic rings. The van der Waals surface area contributed by atoms with Crippen molar-refractivity contribution >= 4 is 21.6 Å². The van der Waals surface area contributed by atoms with E-state index in [0.717, 1.165) is 18.4 Å². The molecule has 112 valence electrons. The van der Waals surface area contributed by atoms with Gasteiger partial charge in [-0.25, -0.2) is 8.42 Å². The van der Waals surface area contributed by atoms with Gasteiger partial charge in [0.1, 0.15) is 4.90 Å². The predicted octanol–water partition coefficient (Wildman–Crippen LogP) is 2.40. The summed E-state index contributed by atoms with van der Waals surface area (Å²) in [6.07, 6.45) is 1.82. The smallest absolute Gasteiger partial charge is 0.244 e. The van der Waals surface area contributed by atoms with E-state index in [0.29, 0.717) is 13.1 Å². The van der Waals surface area contributed by atoms with E-state index in [4.69, 9.17) is 17.3 Å². The number of halogens is 1. The lowest BCUT2D eigenvalue weighted by Crippen LogP contribution is -2.45. The highest BCUT2D eigenvalue weighted by molar-refractivity contribution is 7.89. The highest BCUT2D eigenvalue weighted by Gasteiger charge is 2.32. The first-order valence-corrected chi connectivity index (χ1v) is 8.66. The lowest BCUT2D eigenvalue weighted by molar-refractivity contribution is 0.243. The largest absolute Gasteiger partial charge is 0.328 e. The Morgan fingerprint density at radius 1 is 1.45 bits per heavy atom. The van der Waals surface area contributed by atoms with Gasteiger partial charge in [0, 0.05) is 19.1 Å². The Morgan fingerprint density at radius 2 is 2.15 bits per heavy atom. The van der Waals surface area contributed by atoms with Gasteiger partial charge in [-0.15, -0.1) is 0 Å². The van der Waals surface area contributed by atoms with Crippen LogP contribution in [0.1, 0.15) is 25.3 Å². The number of nitrogens with two attached hydrogens (primary N) is 1. The van der Waals surface area contributed by atoms with Crippen molar-refractivity contribution in [3.05, 3.63) is 28.8 Å². The van der Waals surface area contributed by atoms with Crippen LogP contribution in [0.15, 0.2) is 23.1 Å². The van der Waals surface area contributed by atoms with Gasteiger partial charge < -0.3 is 5.73 Å². The van der Waals surface area contributed by atoms with Crippen LogP contribution in [0.25, 0.3) is 0 Å². The van der Waals surface area contributed by atoms with Gasteiger partial charge in [0.05, 0.1) is 5.02 Å². The molecular weight excluding hydrogens is 296 g/mol. The molecule has 1 aromatic rings. The van der Waals surface area contributed by atoms with Crippen LogP contribution < -0.4 is 5.73 Å². The summed E-state index contributed by atoms with van der Waals surface area (Å²) in [6, 6.07) is 5.04. The highest BCUT2D eigenvalue weighted by Crippen LogP contribution is 2.29. The molecule has 4 nitrogen and oxygen atoms in total. The predicted molar refractivity (Wildman–Crippen MR) is 81.3 cm³/mol. The van der Waals surface area contributed by atoms with Crippen molar-refractivity contribution in [2.45, 2.75) is 37.6 Å². The Morgan fingerprint density at radius 3 is 2.75 bits per heavy atom. The number of sulfonamides is 1. The molecule has 6 heteroatoms. The average molecular weight is 317 g/mol. The summed E-state index contributed by atoms with van der Waals surface area (Å²) in [5.41, 5.74) is 6.86. The van der Waals surface area contributed by atoms with E-state index in [9.17, 15) is 8.42 Å². The molecule has 2 rings (SSSR count). The number of benzene rings is 1. The zero-order chi connectivity index (χ0) is 14.9. The van der Waals surface area contributed by atoms with Crippen LogP contribution in [0.3, 0.4) is 0 Å². The van der Waals surface area contributed by atoms with Gasteiger partial charge >= 0.3 is 0 Å². The average Bonchev–Trinajstić information content (AvgIpc) is 2.38. The molecule has 0 unspecified atom stereocenters. The summed E-state index contributed by atoms with van der Waals surface area (Å²) in [5, 5.41) is 0.285. The number of piperidine rings is 1. The lowest BCUT2D eigenvalue weighted by Gasteiger charge is -2.33. The minimum atomic E-state index is -3.53. The maximum Gasteiger partial charge on any atom is 0.244 e. The zero-order valence-corrected chi connectivity index (χ0v) is 13.4. The van der Waals surface area contributed by atoms with Crippen LogP contribution in [0, 0.1) is 12.8 Å². The van der Waals surface area contributed by atoms with Crippen molar-refractivity contribution in [2.75, 3.05) is 13.1 Å². The van der Waals surface area contributed by atoms with Crippen molar-refractivity contribution in [2.24, 2.45) is 11.7 Å². The van der Waals surface area contributed by atoms with Crippen molar-refractivity contribution in [1.82, 2.24) is 4.31 Å². The Labute approximate surface area is 126 Å². The minimum absolute atomic E-state index is 0.00138. The van der Waals surface area contributed by atoms with Crippen molar-refractivity contribution in [3.8, 4) is 0 Å². The van der Waals surface area contributed by atoms with E-state index in [2.05, 4.69) is 0 Å². The third-order valence-corrected chi connectivity index (χ3v) is 6.22. The normalized spacial score (nSPS) is 22.7. The van der Waals surface area contributed by atoms with Crippen LogP contribution in [0.4, 0.5) is 0 Å². The molecule has 2 atom stereocenters. The highest BCUT2D eigenvalue weighted by atomic mass is 35.5. The molecule has 0 spiro atoms. The van der Waals surface area contributed by atoms with E-state index in [1.54, 1.807) is 18.2 Å². The fourth-order valence-electron chi connectivity index (χ4n) is 2.58. The standard InChI is InChI=1S/C14H21ClN2O2S/c1-10-5-6-14(13(15)8-10)20(18,19)17-7-3-4-12(9-17)11(2)16/h5-6,8,11-12H,3-4,7,9,16H2,1-2H3/t11-,12-/m0/s1. The molecule has 1 saturated heterocycles. The summed E-state index contributed by atoms with van der Waals surface area (Å²) in [4.78, 5) is 0.190. The third kappa shape index (κ3) is 3.17. The van der Waals surface area contributed by atoms with Crippen molar-refractivity contribution in [3.63, 3.8) is 0 Å². The van der Waals surface area contributed by atoms with E-state index in [1.165, 1.54) is 4.31 Å². The second-order valence-electron chi connectivity index (χ2n) is 5.56. The lowest BCUT2D eigenvalue weighted by atomic mass is 9.93. The molecule has 2 N–H and O–H groups in total. The molecule has 0 aliphatic carbocycles. The molecule has 1 heterocycles. The second kappa shape index (κ2) is 6.02. The number of nitrogens with zero attached hydrogens (tertiary/aromatic N) is 1. The van der Waals surface area contributed by atoms with Crippen LogP contribution in [-0.4, -0.2) is 31.9 Å². The summed E-state index contributed by atoms with van der Waals surface area (Å²) < 4.78 is 26.9. The number of hydrogen-bond donors (Lipinski definition) is 1. The van der Waals surface area contributed by atoms with Crippen LogP contribution in [-0.2, 0) is 10.0 Å². The molecule has 0 saturated carbocycles. The van der Waals surface area contributed by atoms with Crippen LogP contribution in [0.5, 0.6) is 0 Å². The molecular formula is C14H21ClN2O2S. The van der Waals surface area contributed by atoms with E-state index < -0.39 is 10.0 Å². The molecule has 0 aromatic heterocycles. The van der Waals surface area contributed by atoms with E-state index in [1.807, 2.05) is 13.8 Å². The molecule has 20 heavy (non-hydrogen) atoms. The summed E-state index contributed by atoms with van der Waals surface area (Å²) in [7, 11) is -3.53. The van der Waals surface area contributed by atoms with Crippen molar-refractivity contribution < 1.29 is 8.42 Å². The fraction of sp³-hybridized carbons (Fsp3) is 0.571. The van der Waals surface area contributed by atoms with E-state index >= 15 is 0 Å². The molecule has 1 aromatic carbocycles. The Hall–Kier alpha value is -0.620. The zero-order valence-electron chi connectivity index (χ0n) is 11.8. The van der Waals surface area contributed by atoms with Gasteiger partial charge in [-0.2, -0.15) is 4.31 Å². The van der Waals surface area contributed by atoms with E-state index in [-0.39, 0.29) is 21.9 Å². The first-order valence-electron chi connectivity index (χ1n) is 6.84. The van der Waals surface area contributed by atoms with Gasteiger partial charge in [0.15, 0.2) is 0 Å². The first kappa shape index (κ1) is 15.8. The third-order valence-electron chi connectivity index (χ3n) is 3.87. The van der Waals surface area contributed by atoms with Gasteiger partial charge in [-0.05, 0) is 50.3 Å². The van der Waals surface area contributed by atoms with Crippen LogP contribution >= 0.6 is 11.6 Å². The number of rotatable bonds is 3. The Kier molecular flexibility index (Phi) is 4.74. The Balaban J connectivity index is 2.30. The maximum atomic E-state index is 12.7. The quantitative estimate of drug-likeness (QED) is 0.931. The molecule has 1 aliphatic heterocycles. The minimum Gasteiger partial charge on any atom is -0.328 e. The number of aryl methyl sites for hydroxylation is 1. The Bertz CT molecular complexity index is 587. The second-order valence-corrected chi connectivity index (χ2v) is 7.87. The SMILES string of the molecule is Cc1ccc(S(=O)(=O)N2CCC[C@H]([C@H](C)N)C2)c(Cl)c1. The van der Waals surface area contributed by atoms with Crippen LogP contribution in [0.2, 0.25) is 5.02 Å². The molecule has 1 fully saturated rings. The first-order chi connectivity index (χ1) is 9.32. The summed E-state index contributed by atoms with van der Waals surface area (Å²) in [6.45, 7) is 4.83. The van der Waals surface area contributed by atoms with Crippen molar-refractivity contribution in [1.29, 1.82) is 0 Å². The van der Waals surface area contributed by atoms with Gasteiger partial charge in [0.25, 0.3) is 0 Å². The number of hydrogen-bond acceptors (Lipinski definition) is 3. The monoisotopic (exact) mass is 316 g/mol. The summed E-state index contributed by atoms with van der Waals surface area (Å²) in [5.74, 6) is 0.211. The maximum absolute atomic E-state index is 12.7. The summed E-state index contributed by atoms with van der Waals surface area (Å²) >= 11 is 6.10. The molecule has 0 radical (unpaired) electrons. The van der Waals surface area contributed by atoms with Gasteiger partial charge in [-0.1, -0.05) is 17.7 Å².